The SMILES string of the molecule is Oc1ccccc1-c1nc2c(s1)CCCc1ccccc1-2. The number of aryl methyl sites for hydroxylation is 2. The van der Waals surface area contributed by atoms with Gasteiger partial charge in [0.2, 0.25) is 0 Å². The number of aromatic nitrogens is 1. The van der Waals surface area contributed by atoms with Crippen molar-refractivity contribution < 1.29 is 5.11 Å². The maximum atomic E-state index is 10.0. The number of fused-ring (bicyclic) bond motifs is 3. The summed E-state index contributed by atoms with van der Waals surface area (Å²) in [5.41, 5.74) is 4.56. The molecule has 1 N–H and O–H groups in total. The lowest BCUT2D eigenvalue weighted by molar-refractivity contribution is 0.477. The van der Waals surface area contributed by atoms with Gasteiger partial charge in [0.1, 0.15) is 10.8 Å². The molecule has 1 heterocycles. The highest BCUT2D eigenvalue weighted by molar-refractivity contribution is 7.15. The molecule has 0 atom stereocenters. The van der Waals surface area contributed by atoms with Crippen molar-refractivity contribution in [3.63, 3.8) is 0 Å². The second-order valence-electron chi connectivity index (χ2n) is 5.32. The fraction of sp³-hybridized carbons (Fsp3) is 0.167. The third-order valence-electron chi connectivity index (χ3n) is 3.95. The molecule has 1 aromatic heterocycles. The number of phenols is 1. The minimum Gasteiger partial charge on any atom is -0.507 e. The average molecular weight is 293 g/mol. The number of rotatable bonds is 1. The van der Waals surface area contributed by atoms with Crippen LogP contribution in [0.3, 0.4) is 0 Å². The highest BCUT2D eigenvalue weighted by Crippen LogP contribution is 2.40. The lowest BCUT2D eigenvalue weighted by atomic mass is 10.0. The van der Waals surface area contributed by atoms with Crippen LogP contribution in [0.1, 0.15) is 16.9 Å². The van der Waals surface area contributed by atoms with Gasteiger partial charge in [0.15, 0.2) is 0 Å². The number of benzene rings is 2. The summed E-state index contributed by atoms with van der Waals surface area (Å²) in [5.74, 6) is 0.301. The lowest BCUT2D eigenvalue weighted by Crippen LogP contribution is -1.87. The highest BCUT2D eigenvalue weighted by Gasteiger charge is 2.20. The van der Waals surface area contributed by atoms with E-state index in [4.69, 9.17) is 4.98 Å². The van der Waals surface area contributed by atoms with Crippen molar-refractivity contribution in [2.45, 2.75) is 19.3 Å². The van der Waals surface area contributed by atoms with Crippen molar-refractivity contribution in [2.75, 3.05) is 0 Å². The zero-order valence-electron chi connectivity index (χ0n) is 11.5. The standard InChI is InChI=1S/C18H15NOS/c20-15-10-4-3-9-14(15)18-19-17-13-8-2-1-6-12(13)7-5-11-16(17)21-18/h1-4,6,8-10,20H,5,7,11H2. The van der Waals surface area contributed by atoms with Gasteiger partial charge in [-0.2, -0.15) is 0 Å². The van der Waals surface area contributed by atoms with Crippen LogP contribution in [0.5, 0.6) is 5.75 Å². The van der Waals surface area contributed by atoms with E-state index in [9.17, 15) is 5.11 Å². The zero-order chi connectivity index (χ0) is 14.2. The summed E-state index contributed by atoms with van der Waals surface area (Å²) in [6, 6.07) is 16.0. The summed E-state index contributed by atoms with van der Waals surface area (Å²) in [6.07, 6.45) is 3.34. The number of hydrogen-bond acceptors (Lipinski definition) is 3. The molecule has 1 aliphatic rings. The van der Waals surface area contributed by atoms with Crippen LogP contribution in [-0.4, -0.2) is 10.1 Å². The van der Waals surface area contributed by atoms with E-state index >= 15 is 0 Å². The molecule has 0 unspecified atom stereocenters. The summed E-state index contributed by atoms with van der Waals surface area (Å²) in [5, 5.41) is 11.0. The second-order valence-corrected chi connectivity index (χ2v) is 6.40. The lowest BCUT2D eigenvalue weighted by Gasteiger charge is -2.04. The quantitative estimate of drug-likeness (QED) is 0.707. The molecule has 3 heteroatoms. The Labute approximate surface area is 127 Å². The molecule has 0 saturated heterocycles. The Morgan fingerprint density at radius 3 is 2.52 bits per heavy atom. The first-order chi connectivity index (χ1) is 10.3. The van der Waals surface area contributed by atoms with Crippen molar-refractivity contribution >= 4 is 11.3 Å². The van der Waals surface area contributed by atoms with Crippen LogP contribution in [0.4, 0.5) is 0 Å². The Hall–Kier alpha value is -2.13. The second kappa shape index (κ2) is 5.01. The van der Waals surface area contributed by atoms with E-state index in [1.54, 1.807) is 17.4 Å². The molecule has 104 valence electrons. The van der Waals surface area contributed by atoms with Gasteiger partial charge < -0.3 is 5.11 Å². The number of phenolic OH excluding ortho intramolecular Hbond substituents is 1. The van der Waals surface area contributed by atoms with E-state index in [0.29, 0.717) is 5.75 Å². The fourth-order valence-electron chi connectivity index (χ4n) is 2.91. The molecule has 2 aromatic carbocycles. The molecule has 0 aliphatic heterocycles. The largest absolute Gasteiger partial charge is 0.507 e. The van der Waals surface area contributed by atoms with Crippen LogP contribution in [0.15, 0.2) is 48.5 Å². The molecule has 1 aliphatic carbocycles. The molecular weight excluding hydrogens is 278 g/mol. The van der Waals surface area contributed by atoms with Gasteiger partial charge in [-0.15, -0.1) is 11.3 Å². The number of nitrogens with zero attached hydrogens (tertiary/aromatic N) is 1. The van der Waals surface area contributed by atoms with E-state index < -0.39 is 0 Å². The number of hydrogen-bond donors (Lipinski definition) is 1. The Balaban J connectivity index is 1.90. The highest BCUT2D eigenvalue weighted by atomic mass is 32.1. The molecule has 0 fully saturated rings. The normalized spacial score (nSPS) is 13.3. The summed E-state index contributed by atoms with van der Waals surface area (Å²) in [6.45, 7) is 0. The smallest absolute Gasteiger partial charge is 0.128 e. The molecule has 2 nitrogen and oxygen atoms in total. The fourth-order valence-corrected chi connectivity index (χ4v) is 4.06. The summed E-state index contributed by atoms with van der Waals surface area (Å²) < 4.78 is 0. The van der Waals surface area contributed by atoms with Gasteiger partial charge >= 0.3 is 0 Å². The van der Waals surface area contributed by atoms with E-state index in [1.165, 1.54) is 16.0 Å². The molecule has 0 spiro atoms. The van der Waals surface area contributed by atoms with Crippen molar-refractivity contribution in [1.29, 1.82) is 0 Å². The maximum absolute atomic E-state index is 10.0. The third kappa shape index (κ3) is 2.14. The van der Waals surface area contributed by atoms with E-state index in [1.807, 2.05) is 18.2 Å². The topological polar surface area (TPSA) is 33.1 Å². The van der Waals surface area contributed by atoms with Gasteiger partial charge in [-0.25, -0.2) is 4.98 Å². The summed E-state index contributed by atoms with van der Waals surface area (Å²) >= 11 is 1.71. The van der Waals surface area contributed by atoms with Crippen LogP contribution in [-0.2, 0) is 12.8 Å². The molecule has 21 heavy (non-hydrogen) atoms. The first kappa shape index (κ1) is 12.6. The maximum Gasteiger partial charge on any atom is 0.128 e. The molecule has 0 amide bonds. The van der Waals surface area contributed by atoms with Gasteiger partial charge in [0.25, 0.3) is 0 Å². The van der Waals surface area contributed by atoms with Gasteiger partial charge in [-0.3, -0.25) is 0 Å². The number of para-hydroxylation sites is 1. The summed E-state index contributed by atoms with van der Waals surface area (Å²) in [4.78, 5) is 6.17. The van der Waals surface area contributed by atoms with Crippen LogP contribution >= 0.6 is 11.3 Å². The zero-order valence-corrected chi connectivity index (χ0v) is 12.4. The number of aromatic hydroxyl groups is 1. The van der Waals surface area contributed by atoms with Crippen molar-refractivity contribution in [1.82, 2.24) is 4.98 Å². The third-order valence-corrected chi connectivity index (χ3v) is 5.10. The summed E-state index contributed by atoms with van der Waals surface area (Å²) in [7, 11) is 0. The average Bonchev–Trinajstić information content (AvgIpc) is 2.84. The van der Waals surface area contributed by atoms with Crippen molar-refractivity contribution in [3.8, 4) is 27.6 Å². The van der Waals surface area contributed by atoms with Crippen molar-refractivity contribution in [3.05, 3.63) is 59.0 Å². The molecule has 0 radical (unpaired) electrons. The van der Waals surface area contributed by atoms with Gasteiger partial charge in [0, 0.05) is 10.4 Å². The Bertz CT molecular complexity index is 806. The molecular formula is C18H15NOS. The minimum atomic E-state index is 0.301. The molecule has 0 saturated carbocycles. The Kier molecular flexibility index (Phi) is 3.00. The number of thiazole rings is 1. The minimum absolute atomic E-state index is 0.301. The van der Waals surface area contributed by atoms with E-state index in [0.717, 1.165) is 35.5 Å². The Morgan fingerprint density at radius 2 is 1.67 bits per heavy atom. The first-order valence-electron chi connectivity index (χ1n) is 7.19. The molecule has 3 aromatic rings. The molecule has 0 bridgehead atoms. The van der Waals surface area contributed by atoms with Gasteiger partial charge in [-0.1, -0.05) is 36.4 Å². The predicted molar refractivity (Wildman–Crippen MR) is 86.7 cm³/mol. The van der Waals surface area contributed by atoms with Crippen molar-refractivity contribution in [2.24, 2.45) is 0 Å². The van der Waals surface area contributed by atoms with Crippen LogP contribution in [0, 0.1) is 0 Å². The van der Waals surface area contributed by atoms with Crippen LogP contribution < -0.4 is 0 Å². The van der Waals surface area contributed by atoms with E-state index in [2.05, 4.69) is 24.3 Å². The molecule has 4 rings (SSSR count). The first-order valence-corrected chi connectivity index (χ1v) is 8.01. The van der Waals surface area contributed by atoms with Crippen LogP contribution in [0.25, 0.3) is 21.8 Å². The predicted octanol–water partition coefficient (Wildman–Crippen LogP) is 4.67. The van der Waals surface area contributed by atoms with Gasteiger partial charge in [0.05, 0.1) is 11.3 Å². The monoisotopic (exact) mass is 293 g/mol. The van der Waals surface area contributed by atoms with Gasteiger partial charge in [-0.05, 0) is 37.0 Å². The van der Waals surface area contributed by atoms with E-state index in [-0.39, 0.29) is 0 Å². The van der Waals surface area contributed by atoms with Crippen LogP contribution in [0.2, 0.25) is 0 Å². The Morgan fingerprint density at radius 1 is 0.905 bits per heavy atom.